The molecule has 0 aliphatic heterocycles. The number of ether oxygens (including phenoxy) is 1. The van der Waals surface area contributed by atoms with Gasteiger partial charge < -0.3 is 4.74 Å². The molecule has 1 heterocycles. The van der Waals surface area contributed by atoms with E-state index in [9.17, 15) is 4.39 Å². The minimum absolute atomic E-state index is 0.270. The van der Waals surface area contributed by atoms with Crippen molar-refractivity contribution >= 4 is 0 Å². The van der Waals surface area contributed by atoms with Gasteiger partial charge in [0.1, 0.15) is 11.6 Å². The molecule has 3 rings (SSSR count). The summed E-state index contributed by atoms with van der Waals surface area (Å²) < 4.78 is 20.2. The van der Waals surface area contributed by atoms with Gasteiger partial charge in [-0.05, 0) is 67.7 Å². The SMILES string of the molecule is CCCCCOc1ccc(-c2ccc([C@H]3CC[C@H](CCC)CC3)cn2)c(F)c1. The van der Waals surface area contributed by atoms with Crippen LogP contribution in [-0.4, -0.2) is 11.6 Å². The second-order valence-corrected chi connectivity index (χ2v) is 8.18. The number of pyridine rings is 1. The van der Waals surface area contributed by atoms with Gasteiger partial charge in [0, 0.05) is 17.8 Å². The first-order valence-electron chi connectivity index (χ1n) is 11.1. The Morgan fingerprint density at radius 2 is 1.82 bits per heavy atom. The first-order valence-corrected chi connectivity index (χ1v) is 11.1. The van der Waals surface area contributed by atoms with E-state index in [-0.39, 0.29) is 5.82 Å². The van der Waals surface area contributed by atoms with Gasteiger partial charge in [0.25, 0.3) is 0 Å². The van der Waals surface area contributed by atoms with Gasteiger partial charge in [-0.2, -0.15) is 0 Å². The third-order valence-electron chi connectivity index (χ3n) is 6.03. The van der Waals surface area contributed by atoms with Crippen molar-refractivity contribution in [2.24, 2.45) is 5.92 Å². The molecule has 0 N–H and O–H groups in total. The first-order chi connectivity index (χ1) is 13.7. The highest BCUT2D eigenvalue weighted by Gasteiger charge is 2.22. The monoisotopic (exact) mass is 383 g/mol. The first kappa shape index (κ1) is 20.8. The molecule has 1 saturated carbocycles. The lowest BCUT2D eigenvalue weighted by Crippen LogP contribution is -2.13. The molecule has 3 heteroatoms. The number of rotatable bonds is 9. The number of unbranched alkanes of at least 4 members (excludes halogenated alkanes) is 2. The molecule has 28 heavy (non-hydrogen) atoms. The third-order valence-corrected chi connectivity index (χ3v) is 6.03. The molecule has 1 aromatic heterocycles. The van der Waals surface area contributed by atoms with Crippen LogP contribution < -0.4 is 4.74 Å². The predicted molar refractivity (Wildman–Crippen MR) is 114 cm³/mol. The Balaban J connectivity index is 1.60. The van der Waals surface area contributed by atoms with Gasteiger partial charge in [0.15, 0.2) is 0 Å². The van der Waals surface area contributed by atoms with E-state index >= 15 is 0 Å². The van der Waals surface area contributed by atoms with Crippen LogP contribution in [-0.2, 0) is 0 Å². The lowest BCUT2D eigenvalue weighted by molar-refractivity contribution is 0.305. The minimum Gasteiger partial charge on any atom is -0.493 e. The number of benzene rings is 1. The summed E-state index contributed by atoms with van der Waals surface area (Å²) in [5.74, 6) is 1.84. The average molecular weight is 384 g/mol. The molecule has 1 fully saturated rings. The van der Waals surface area contributed by atoms with Gasteiger partial charge in [-0.25, -0.2) is 4.39 Å². The Labute approximate surface area is 169 Å². The number of aromatic nitrogens is 1. The lowest BCUT2D eigenvalue weighted by Gasteiger charge is -2.28. The third kappa shape index (κ3) is 5.56. The van der Waals surface area contributed by atoms with Crippen molar-refractivity contribution in [1.29, 1.82) is 0 Å². The minimum atomic E-state index is -0.270. The molecular formula is C25H34FNO. The standard InChI is InChI=1S/C25H34FNO/c1-3-5-6-16-28-22-13-14-23(24(26)17-22)25-15-12-21(18-27-25)20-10-8-19(7-4-2)9-11-20/h12-15,17-20H,3-11,16H2,1-2H3/t19-,20-. The highest BCUT2D eigenvalue weighted by atomic mass is 19.1. The van der Waals surface area contributed by atoms with E-state index in [4.69, 9.17) is 4.74 Å². The van der Waals surface area contributed by atoms with Gasteiger partial charge in [-0.15, -0.1) is 0 Å². The summed E-state index contributed by atoms with van der Waals surface area (Å²) in [6.07, 6.45) is 13.1. The Kier molecular flexibility index (Phi) is 7.88. The molecule has 0 amide bonds. The Morgan fingerprint density at radius 3 is 2.46 bits per heavy atom. The van der Waals surface area contributed by atoms with Gasteiger partial charge >= 0.3 is 0 Å². The summed E-state index contributed by atoms with van der Waals surface area (Å²) in [6, 6.07) is 9.21. The summed E-state index contributed by atoms with van der Waals surface area (Å²) in [5, 5.41) is 0. The molecule has 0 unspecified atom stereocenters. The molecule has 2 aromatic rings. The zero-order valence-corrected chi connectivity index (χ0v) is 17.4. The van der Waals surface area contributed by atoms with E-state index < -0.39 is 0 Å². The molecule has 0 spiro atoms. The predicted octanol–water partition coefficient (Wildman–Crippen LogP) is 7.53. The van der Waals surface area contributed by atoms with Gasteiger partial charge in [0.05, 0.1) is 12.3 Å². The summed E-state index contributed by atoms with van der Waals surface area (Å²) in [4.78, 5) is 4.58. The average Bonchev–Trinajstić information content (AvgIpc) is 2.72. The van der Waals surface area contributed by atoms with Gasteiger partial charge in [-0.1, -0.05) is 45.6 Å². The maximum atomic E-state index is 14.6. The van der Waals surface area contributed by atoms with E-state index in [1.807, 2.05) is 18.3 Å². The second kappa shape index (κ2) is 10.6. The van der Waals surface area contributed by atoms with E-state index in [0.717, 1.165) is 25.2 Å². The molecule has 2 nitrogen and oxygen atoms in total. The van der Waals surface area contributed by atoms with Crippen molar-refractivity contribution in [2.75, 3.05) is 6.61 Å². The summed E-state index contributed by atoms with van der Waals surface area (Å²) in [6.45, 7) is 5.07. The molecule has 0 saturated heterocycles. The molecule has 1 aromatic carbocycles. The number of hydrogen-bond acceptors (Lipinski definition) is 2. The largest absolute Gasteiger partial charge is 0.493 e. The molecular weight excluding hydrogens is 349 g/mol. The molecule has 0 radical (unpaired) electrons. The van der Waals surface area contributed by atoms with Gasteiger partial charge in [-0.3, -0.25) is 4.98 Å². The normalized spacial score (nSPS) is 19.5. The second-order valence-electron chi connectivity index (χ2n) is 8.18. The van der Waals surface area contributed by atoms with Crippen LogP contribution >= 0.6 is 0 Å². The van der Waals surface area contributed by atoms with E-state index in [1.165, 1.54) is 50.2 Å². The molecule has 1 aliphatic carbocycles. The number of nitrogens with zero attached hydrogens (tertiary/aromatic N) is 1. The summed E-state index contributed by atoms with van der Waals surface area (Å²) >= 11 is 0. The Bertz CT molecular complexity index is 720. The highest BCUT2D eigenvalue weighted by molar-refractivity contribution is 5.61. The van der Waals surface area contributed by atoms with Crippen LogP contribution in [0.2, 0.25) is 0 Å². The van der Waals surface area contributed by atoms with Crippen LogP contribution in [0.5, 0.6) is 5.75 Å². The summed E-state index contributed by atoms with van der Waals surface area (Å²) in [7, 11) is 0. The molecule has 0 bridgehead atoms. The van der Waals surface area contributed by atoms with Crippen molar-refractivity contribution in [2.45, 2.75) is 77.6 Å². The van der Waals surface area contributed by atoms with Crippen molar-refractivity contribution in [3.8, 4) is 17.0 Å². The van der Waals surface area contributed by atoms with Crippen LogP contribution in [0.4, 0.5) is 4.39 Å². The fourth-order valence-corrected chi connectivity index (χ4v) is 4.33. The molecule has 0 atom stereocenters. The van der Waals surface area contributed by atoms with E-state index in [0.29, 0.717) is 29.5 Å². The topological polar surface area (TPSA) is 22.1 Å². The fraction of sp³-hybridized carbons (Fsp3) is 0.560. The maximum absolute atomic E-state index is 14.6. The van der Waals surface area contributed by atoms with Crippen molar-refractivity contribution in [3.63, 3.8) is 0 Å². The quantitative estimate of drug-likeness (QED) is 0.417. The van der Waals surface area contributed by atoms with Crippen molar-refractivity contribution in [3.05, 3.63) is 47.9 Å². The number of hydrogen-bond donors (Lipinski definition) is 0. The van der Waals surface area contributed by atoms with Crippen molar-refractivity contribution in [1.82, 2.24) is 4.98 Å². The van der Waals surface area contributed by atoms with Crippen LogP contribution in [0.15, 0.2) is 36.5 Å². The summed E-state index contributed by atoms with van der Waals surface area (Å²) in [5.41, 5.74) is 2.53. The smallest absolute Gasteiger partial charge is 0.136 e. The van der Waals surface area contributed by atoms with E-state index in [2.05, 4.69) is 24.9 Å². The van der Waals surface area contributed by atoms with Crippen LogP contribution in [0.1, 0.15) is 83.1 Å². The Morgan fingerprint density at radius 1 is 1.00 bits per heavy atom. The number of halogens is 1. The lowest BCUT2D eigenvalue weighted by atomic mass is 9.77. The molecule has 1 aliphatic rings. The zero-order valence-electron chi connectivity index (χ0n) is 17.4. The van der Waals surface area contributed by atoms with Gasteiger partial charge in [0.2, 0.25) is 0 Å². The van der Waals surface area contributed by atoms with Crippen LogP contribution in [0, 0.1) is 11.7 Å². The molecule has 152 valence electrons. The maximum Gasteiger partial charge on any atom is 0.136 e. The van der Waals surface area contributed by atoms with Crippen LogP contribution in [0.3, 0.4) is 0 Å². The van der Waals surface area contributed by atoms with E-state index in [1.54, 1.807) is 6.07 Å². The zero-order chi connectivity index (χ0) is 19.8. The van der Waals surface area contributed by atoms with Crippen molar-refractivity contribution < 1.29 is 9.13 Å². The fourth-order valence-electron chi connectivity index (χ4n) is 4.33. The Hall–Kier alpha value is -1.90. The van der Waals surface area contributed by atoms with Crippen LogP contribution in [0.25, 0.3) is 11.3 Å². The highest BCUT2D eigenvalue weighted by Crippen LogP contribution is 2.37.